The van der Waals surface area contributed by atoms with Crippen molar-refractivity contribution in [1.82, 2.24) is 15.4 Å². The topological polar surface area (TPSA) is 95.7 Å². The molecule has 19 heavy (non-hydrogen) atoms. The number of carbonyl (C=O) groups is 2. The van der Waals surface area contributed by atoms with Crippen molar-refractivity contribution in [1.29, 1.82) is 0 Å². The van der Waals surface area contributed by atoms with E-state index in [4.69, 9.17) is 9.63 Å². The summed E-state index contributed by atoms with van der Waals surface area (Å²) in [7, 11) is 0. The van der Waals surface area contributed by atoms with Gasteiger partial charge in [0.1, 0.15) is 0 Å². The van der Waals surface area contributed by atoms with Gasteiger partial charge in [0, 0.05) is 18.2 Å². The Morgan fingerprint density at radius 2 is 2.16 bits per heavy atom. The molecule has 0 saturated carbocycles. The van der Waals surface area contributed by atoms with Crippen molar-refractivity contribution in [3.8, 4) is 0 Å². The second-order valence-electron chi connectivity index (χ2n) is 5.10. The van der Waals surface area contributed by atoms with Gasteiger partial charge in [-0.1, -0.05) is 5.16 Å². The van der Waals surface area contributed by atoms with Gasteiger partial charge in [0.15, 0.2) is 5.76 Å². The smallest absolute Gasteiger partial charge is 0.318 e. The van der Waals surface area contributed by atoms with E-state index < -0.39 is 11.5 Å². The van der Waals surface area contributed by atoms with Crippen LogP contribution in [0, 0.1) is 0 Å². The average Bonchev–Trinajstić information content (AvgIpc) is 2.76. The van der Waals surface area contributed by atoms with Crippen LogP contribution >= 0.6 is 0 Å². The van der Waals surface area contributed by atoms with Gasteiger partial charge in [-0.3, -0.25) is 4.79 Å². The Bertz CT molecular complexity index is 423. The molecule has 1 aromatic heterocycles. The lowest BCUT2D eigenvalue weighted by Gasteiger charge is -2.35. The number of carboxylic acid groups (broad SMARTS) is 1. The number of aliphatic carboxylic acids is 1. The van der Waals surface area contributed by atoms with Crippen LogP contribution in [0.3, 0.4) is 0 Å². The molecule has 2 N–H and O–H groups in total. The molecule has 0 aliphatic carbocycles. The molecule has 1 aromatic rings. The monoisotopic (exact) mass is 269 g/mol. The number of nitrogens with zero attached hydrogens (tertiary/aromatic N) is 2. The highest BCUT2D eigenvalue weighted by Crippen LogP contribution is 2.14. The molecular weight excluding hydrogens is 250 g/mol. The van der Waals surface area contributed by atoms with Crippen molar-refractivity contribution >= 4 is 12.0 Å². The summed E-state index contributed by atoms with van der Waals surface area (Å²) in [5.74, 6) is -0.391. The first-order valence-electron chi connectivity index (χ1n) is 5.97. The van der Waals surface area contributed by atoms with E-state index in [9.17, 15) is 9.59 Å². The highest BCUT2D eigenvalue weighted by Gasteiger charge is 2.26. The van der Waals surface area contributed by atoms with Crippen molar-refractivity contribution < 1.29 is 19.2 Å². The number of hydrogen-bond acceptors (Lipinski definition) is 4. The highest BCUT2D eigenvalue weighted by molar-refractivity contribution is 5.76. The second kappa shape index (κ2) is 6.21. The summed E-state index contributed by atoms with van der Waals surface area (Å²) in [6.07, 6.45) is 1.40. The van der Waals surface area contributed by atoms with Crippen molar-refractivity contribution in [3.05, 3.63) is 18.0 Å². The predicted octanol–water partition coefficient (Wildman–Crippen LogP) is 1.46. The number of urea groups is 1. The molecule has 0 saturated heterocycles. The van der Waals surface area contributed by atoms with Gasteiger partial charge in [-0.05, 0) is 20.8 Å². The Kier molecular flexibility index (Phi) is 4.91. The number of aromatic nitrogens is 1. The van der Waals surface area contributed by atoms with E-state index in [1.54, 1.807) is 6.07 Å². The fraction of sp³-hybridized carbons (Fsp3) is 0.583. The van der Waals surface area contributed by atoms with Crippen molar-refractivity contribution in [2.45, 2.75) is 39.3 Å². The fourth-order valence-corrected chi connectivity index (χ4v) is 1.54. The van der Waals surface area contributed by atoms with E-state index in [1.807, 2.05) is 20.8 Å². The summed E-state index contributed by atoms with van der Waals surface area (Å²) >= 11 is 0. The largest absolute Gasteiger partial charge is 0.481 e. The standard InChI is InChI=1S/C12H19N3O4/c1-12(2,3)15(7-5-10(16)17)11(18)13-8-9-4-6-14-19-9/h4,6H,5,7-8H2,1-3H3,(H,13,18)(H,16,17). The molecule has 1 heterocycles. The normalized spacial score (nSPS) is 11.1. The van der Waals surface area contributed by atoms with Crippen LogP contribution in [-0.2, 0) is 11.3 Å². The van der Waals surface area contributed by atoms with Crippen molar-refractivity contribution in [3.63, 3.8) is 0 Å². The van der Waals surface area contributed by atoms with Crippen LogP contribution in [0.1, 0.15) is 33.0 Å². The molecule has 0 aromatic carbocycles. The van der Waals surface area contributed by atoms with E-state index in [0.29, 0.717) is 5.76 Å². The molecule has 0 spiro atoms. The minimum absolute atomic E-state index is 0.0903. The van der Waals surface area contributed by atoms with E-state index in [0.717, 1.165) is 0 Å². The van der Waals surface area contributed by atoms with Gasteiger partial charge in [-0.15, -0.1) is 0 Å². The average molecular weight is 269 g/mol. The molecule has 7 nitrogen and oxygen atoms in total. The molecule has 106 valence electrons. The summed E-state index contributed by atoms with van der Waals surface area (Å²) in [4.78, 5) is 24.2. The number of amides is 2. The molecule has 0 bridgehead atoms. The van der Waals surface area contributed by atoms with Crippen LogP contribution in [0.25, 0.3) is 0 Å². The molecule has 0 aliphatic heterocycles. The van der Waals surface area contributed by atoms with Crippen LogP contribution in [-0.4, -0.2) is 39.2 Å². The van der Waals surface area contributed by atoms with Gasteiger partial charge < -0.3 is 19.8 Å². The van der Waals surface area contributed by atoms with Crippen LogP contribution in [0.4, 0.5) is 4.79 Å². The first-order valence-corrected chi connectivity index (χ1v) is 5.97. The SMILES string of the molecule is CC(C)(C)N(CCC(=O)O)C(=O)NCc1ccno1. The third-order valence-electron chi connectivity index (χ3n) is 2.51. The maximum absolute atomic E-state index is 12.1. The fourth-order valence-electron chi connectivity index (χ4n) is 1.54. The predicted molar refractivity (Wildman–Crippen MR) is 67.5 cm³/mol. The van der Waals surface area contributed by atoms with Gasteiger partial charge in [0.05, 0.1) is 19.2 Å². The quantitative estimate of drug-likeness (QED) is 0.843. The Hall–Kier alpha value is -2.05. The molecule has 0 fully saturated rings. The highest BCUT2D eigenvalue weighted by atomic mass is 16.5. The number of rotatable bonds is 5. The van der Waals surface area contributed by atoms with Gasteiger partial charge >= 0.3 is 12.0 Å². The van der Waals surface area contributed by atoms with E-state index >= 15 is 0 Å². The minimum Gasteiger partial charge on any atom is -0.481 e. The Labute approximate surface area is 111 Å². The lowest BCUT2D eigenvalue weighted by Crippen LogP contribution is -2.50. The lowest BCUT2D eigenvalue weighted by molar-refractivity contribution is -0.137. The van der Waals surface area contributed by atoms with Crippen LogP contribution in [0.15, 0.2) is 16.8 Å². The van der Waals surface area contributed by atoms with Crippen LogP contribution in [0.2, 0.25) is 0 Å². The van der Waals surface area contributed by atoms with Crippen LogP contribution in [0.5, 0.6) is 0 Å². The van der Waals surface area contributed by atoms with E-state index in [1.165, 1.54) is 11.1 Å². The third kappa shape index (κ3) is 4.99. The molecular formula is C12H19N3O4. The Balaban J connectivity index is 2.58. The van der Waals surface area contributed by atoms with E-state index in [2.05, 4.69) is 10.5 Å². The second-order valence-corrected chi connectivity index (χ2v) is 5.10. The first kappa shape index (κ1) is 15.0. The molecule has 0 radical (unpaired) electrons. The molecule has 1 rings (SSSR count). The molecule has 0 atom stereocenters. The minimum atomic E-state index is -0.933. The van der Waals surface area contributed by atoms with Gasteiger partial charge in [-0.25, -0.2) is 4.79 Å². The van der Waals surface area contributed by atoms with Crippen molar-refractivity contribution in [2.24, 2.45) is 0 Å². The number of nitrogens with one attached hydrogen (secondary N) is 1. The molecule has 0 unspecified atom stereocenters. The van der Waals surface area contributed by atoms with Crippen LogP contribution < -0.4 is 5.32 Å². The van der Waals surface area contributed by atoms with Crippen molar-refractivity contribution in [2.75, 3.05) is 6.54 Å². The summed E-state index contributed by atoms with van der Waals surface area (Å²) in [6.45, 7) is 5.92. The zero-order valence-electron chi connectivity index (χ0n) is 11.3. The zero-order valence-corrected chi connectivity index (χ0v) is 11.3. The van der Waals surface area contributed by atoms with Gasteiger partial charge in [0.25, 0.3) is 0 Å². The number of hydrogen-bond donors (Lipinski definition) is 2. The first-order chi connectivity index (χ1) is 8.80. The summed E-state index contributed by atoms with van der Waals surface area (Å²) in [6, 6.07) is 1.32. The van der Waals surface area contributed by atoms with Gasteiger partial charge in [0.2, 0.25) is 0 Å². The lowest BCUT2D eigenvalue weighted by atomic mass is 10.1. The maximum Gasteiger partial charge on any atom is 0.318 e. The third-order valence-corrected chi connectivity index (χ3v) is 2.51. The summed E-state index contributed by atoms with van der Waals surface area (Å²) < 4.78 is 4.87. The summed E-state index contributed by atoms with van der Waals surface area (Å²) in [5.41, 5.74) is -0.457. The number of carboxylic acids is 1. The summed E-state index contributed by atoms with van der Waals surface area (Å²) in [5, 5.41) is 14.9. The van der Waals surface area contributed by atoms with Gasteiger partial charge in [-0.2, -0.15) is 0 Å². The zero-order chi connectivity index (χ0) is 14.5. The van der Waals surface area contributed by atoms with E-state index in [-0.39, 0.29) is 25.5 Å². The Morgan fingerprint density at radius 1 is 1.47 bits per heavy atom. The molecule has 0 aliphatic rings. The number of carbonyl (C=O) groups excluding carboxylic acids is 1. The maximum atomic E-state index is 12.1. The Morgan fingerprint density at radius 3 is 2.63 bits per heavy atom. The molecule has 2 amide bonds. The molecule has 7 heteroatoms.